The van der Waals surface area contributed by atoms with E-state index in [4.69, 9.17) is 16.7 Å². The Morgan fingerprint density at radius 1 is 1.40 bits per heavy atom. The Kier molecular flexibility index (Phi) is 4.15. The van der Waals surface area contributed by atoms with Crippen molar-refractivity contribution in [3.63, 3.8) is 0 Å². The van der Waals surface area contributed by atoms with E-state index < -0.39 is 5.82 Å². The van der Waals surface area contributed by atoms with Crippen molar-refractivity contribution in [3.8, 4) is 5.75 Å². The van der Waals surface area contributed by atoms with Gasteiger partial charge in [0.15, 0.2) is 0 Å². The van der Waals surface area contributed by atoms with Gasteiger partial charge in [0, 0.05) is 26.2 Å². The predicted molar refractivity (Wildman–Crippen MR) is 33.1 cm³/mol. The Morgan fingerprint density at radius 2 is 2.00 bits per heavy atom. The maximum absolute atomic E-state index is 12.2. The smallest absolute Gasteiger partial charge is 0.134 e. The summed E-state index contributed by atoms with van der Waals surface area (Å²) >= 11 is 5.32. The molecule has 0 aliphatic heterocycles. The molecule has 10 heavy (non-hydrogen) atoms. The van der Waals surface area contributed by atoms with Crippen molar-refractivity contribution in [2.75, 3.05) is 0 Å². The molecule has 0 unspecified atom stereocenters. The number of rotatable bonds is 0. The molecule has 1 N–H and O–H groups in total. The second-order valence-corrected chi connectivity index (χ2v) is 2.00. The Bertz CT molecular complexity index is 229. The van der Waals surface area contributed by atoms with Gasteiger partial charge < -0.3 is 5.11 Å². The summed E-state index contributed by atoms with van der Waals surface area (Å²) in [6.45, 7) is 0. The van der Waals surface area contributed by atoms with Crippen LogP contribution in [0.25, 0.3) is 0 Å². The maximum Gasteiger partial charge on any atom is 0.134 e. The number of benzene rings is 1. The van der Waals surface area contributed by atoms with Gasteiger partial charge in [-0.3, -0.25) is 0 Å². The maximum atomic E-state index is 12.2. The van der Waals surface area contributed by atoms with Crippen LogP contribution in [-0.4, -0.2) is 5.11 Å². The number of hydrogen-bond donors (Lipinski definition) is 1. The molecule has 0 fully saturated rings. The van der Waals surface area contributed by atoms with Crippen LogP contribution in [-0.2, 0) is 26.2 Å². The van der Waals surface area contributed by atoms with Crippen molar-refractivity contribution in [1.29, 1.82) is 0 Å². The zero-order chi connectivity index (χ0) is 6.85. The largest absolute Gasteiger partial charge is 0.506 e. The fourth-order valence-electron chi connectivity index (χ4n) is 0.481. The van der Waals surface area contributed by atoms with Crippen LogP contribution >= 0.6 is 11.6 Å². The molecule has 0 aromatic heterocycles. The second kappa shape index (κ2) is 4.10. The van der Waals surface area contributed by atoms with Crippen molar-refractivity contribution in [2.45, 2.75) is 0 Å². The fraction of sp³-hybridized carbons (Fsp3) is 0. The topological polar surface area (TPSA) is 20.2 Å². The molecule has 52 valence electrons. The minimum Gasteiger partial charge on any atom is -0.506 e. The van der Waals surface area contributed by atoms with Gasteiger partial charge in [-0.15, -0.1) is 0 Å². The van der Waals surface area contributed by atoms with Crippen LogP contribution in [0.1, 0.15) is 0 Å². The summed E-state index contributed by atoms with van der Waals surface area (Å²) in [5, 5.41) is 8.78. The zero-order valence-electron chi connectivity index (χ0n) is 4.94. The molecule has 0 atom stereocenters. The van der Waals surface area contributed by atoms with Crippen molar-refractivity contribution < 1.29 is 35.7 Å². The van der Waals surface area contributed by atoms with Gasteiger partial charge in [-0.05, 0) is 18.2 Å². The Labute approximate surface area is 81.9 Å². The van der Waals surface area contributed by atoms with Crippen molar-refractivity contribution >= 4 is 11.6 Å². The van der Waals surface area contributed by atoms with Gasteiger partial charge in [0.1, 0.15) is 11.6 Å². The Morgan fingerprint density at radius 3 is 2.40 bits per heavy atom. The summed E-state index contributed by atoms with van der Waals surface area (Å²) in [5.74, 6) is -0.545. The minimum absolute atomic E-state index is 0. The first-order valence-electron chi connectivity index (χ1n) is 2.34. The molecule has 0 amide bonds. The summed E-state index contributed by atoms with van der Waals surface area (Å²) in [6, 6.07) is 3.40. The van der Waals surface area contributed by atoms with E-state index >= 15 is 0 Å². The third-order valence-electron chi connectivity index (χ3n) is 0.910. The molecule has 0 radical (unpaired) electrons. The fourth-order valence-corrected chi connectivity index (χ4v) is 0.648. The van der Waals surface area contributed by atoms with Crippen LogP contribution < -0.4 is 0 Å². The first-order valence-corrected chi connectivity index (χ1v) is 2.72. The summed E-state index contributed by atoms with van der Waals surface area (Å²) in [7, 11) is 0. The van der Waals surface area contributed by atoms with Gasteiger partial charge in [0.25, 0.3) is 0 Å². The molecular weight excluding hydrogens is 234 g/mol. The van der Waals surface area contributed by atoms with E-state index in [1.165, 1.54) is 6.07 Å². The van der Waals surface area contributed by atoms with Gasteiger partial charge in [0.05, 0.1) is 5.02 Å². The van der Waals surface area contributed by atoms with E-state index in [9.17, 15) is 4.39 Å². The molecule has 1 rings (SSSR count). The van der Waals surface area contributed by atoms with Gasteiger partial charge in [-0.2, -0.15) is 0 Å². The van der Waals surface area contributed by atoms with Crippen LogP contribution in [0.2, 0.25) is 5.02 Å². The van der Waals surface area contributed by atoms with Crippen LogP contribution in [0.3, 0.4) is 0 Å². The number of phenolic OH excluding ortho intramolecular Hbond substituents is 1. The van der Waals surface area contributed by atoms with Gasteiger partial charge in [0.2, 0.25) is 0 Å². The second-order valence-electron chi connectivity index (χ2n) is 1.60. The third kappa shape index (κ3) is 2.39. The molecule has 1 aromatic carbocycles. The molecule has 0 bridgehead atoms. The molecule has 0 aliphatic rings. The van der Waals surface area contributed by atoms with Gasteiger partial charge in [-0.25, -0.2) is 4.39 Å². The predicted octanol–water partition coefficient (Wildman–Crippen LogP) is 2.18. The van der Waals surface area contributed by atoms with Crippen molar-refractivity contribution in [1.82, 2.24) is 0 Å². The van der Waals surface area contributed by atoms with Crippen LogP contribution in [0.15, 0.2) is 18.2 Å². The van der Waals surface area contributed by atoms with Crippen LogP contribution in [0.5, 0.6) is 5.75 Å². The van der Waals surface area contributed by atoms with Crippen LogP contribution in [0.4, 0.5) is 4.39 Å². The third-order valence-corrected chi connectivity index (χ3v) is 1.21. The van der Waals surface area contributed by atoms with E-state index in [2.05, 4.69) is 0 Å². The number of halogens is 2. The molecular formula is C6H4ClFOZr. The van der Waals surface area contributed by atoms with Crippen molar-refractivity contribution in [2.24, 2.45) is 0 Å². The molecule has 1 nitrogen and oxygen atoms in total. The van der Waals surface area contributed by atoms with E-state index in [1.54, 1.807) is 0 Å². The average molecular weight is 238 g/mol. The van der Waals surface area contributed by atoms with E-state index in [-0.39, 0.29) is 37.0 Å². The SMILES string of the molecule is Oc1ccc(F)cc1Cl.[Zr]. The monoisotopic (exact) mass is 236 g/mol. The summed E-state index contributed by atoms with van der Waals surface area (Å²) < 4.78 is 12.2. The van der Waals surface area contributed by atoms with E-state index in [1.807, 2.05) is 0 Å². The molecule has 0 spiro atoms. The van der Waals surface area contributed by atoms with E-state index in [0.717, 1.165) is 12.1 Å². The number of aromatic hydroxyl groups is 1. The molecule has 1 aromatic rings. The zero-order valence-corrected chi connectivity index (χ0v) is 8.15. The Balaban J connectivity index is 0.000000810. The quantitative estimate of drug-likeness (QED) is 0.734. The van der Waals surface area contributed by atoms with Gasteiger partial charge in [-0.1, -0.05) is 11.6 Å². The van der Waals surface area contributed by atoms with E-state index in [0.29, 0.717) is 0 Å². The van der Waals surface area contributed by atoms with Crippen LogP contribution in [0, 0.1) is 5.82 Å². The molecule has 0 aliphatic carbocycles. The normalized spacial score (nSPS) is 8.60. The summed E-state index contributed by atoms with van der Waals surface area (Å²) in [4.78, 5) is 0. The molecule has 4 heteroatoms. The molecule has 0 saturated carbocycles. The number of phenols is 1. The first kappa shape index (κ1) is 10.1. The average Bonchev–Trinajstić information content (AvgIpc) is 1.80. The van der Waals surface area contributed by atoms with Crippen molar-refractivity contribution in [3.05, 3.63) is 29.0 Å². The minimum atomic E-state index is -0.446. The summed E-state index contributed by atoms with van der Waals surface area (Å²) in [6.07, 6.45) is 0. The Hall–Kier alpha value is 0.123. The first-order chi connectivity index (χ1) is 4.20. The molecule has 0 saturated heterocycles. The summed E-state index contributed by atoms with van der Waals surface area (Å²) in [5.41, 5.74) is 0. The molecule has 0 heterocycles. The number of hydrogen-bond acceptors (Lipinski definition) is 1. The standard InChI is InChI=1S/C6H4ClFO.Zr/c7-5-3-4(8)1-2-6(5)9;/h1-3,9H;. The van der Waals surface area contributed by atoms with Gasteiger partial charge >= 0.3 is 0 Å².